The monoisotopic (exact) mass is 328 g/mol. The largest absolute Gasteiger partial charge is 0.378 e. The molecule has 0 spiro atoms. The van der Waals surface area contributed by atoms with Crippen molar-refractivity contribution in [2.75, 3.05) is 5.32 Å². The van der Waals surface area contributed by atoms with Crippen LogP contribution in [0.4, 0.5) is 10.1 Å². The third kappa shape index (κ3) is 3.21. The zero-order chi connectivity index (χ0) is 13.1. The first-order valence-corrected chi connectivity index (χ1v) is 6.53. The molecule has 0 bridgehead atoms. The van der Waals surface area contributed by atoms with Crippen molar-refractivity contribution in [3.8, 4) is 0 Å². The van der Waals surface area contributed by atoms with E-state index in [-0.39, 0.29) is 5.82 Å². The maximum Gasteiger partial charge on any atom is 0.152 e. The molecule has 2 rings (SSSR count). The average molecular weight is 330 g/mol. The molecule has 0 saturated heterocycles. The van der Waals surface area contributed by atoms with Crippen LogP contribution in [0.25, 0.3) is 0 Å². The van der Waals surface area contributed by atoms with E-state index in [0.717, 1.165) is 16.8 Å². The van der Waals surface area contributed by atoms with Crippen molar-refractivity contribution in [1.29, 1.82) is 0 Å². The smallest absolute Gasteiger partial charge is 0.152 e. The maximum atomic E-state index is 13.1. The zero-order valence-corrected chi connectivity index (χ0v) is 12.0. The highest BCUT2D eigenvalue weighted by molar-refractivity contribution is 9.10. The lowest BCUT2D eigenvalue weighted by atomic mass is 10.2. The molecule has 0 aliphatic rings. The molecule has 0 radical (unpaired) electrons. The third-order valence-electron chi connectivity index (χ3n) is 2.44. The number of benzene rings is 1. The number of anilines is 1. The van der Waals surface area contributed by atoms with E-state index in [4.69, 9.17) is 11.6 Å². The molecule has 2 nitrogen and oxygen atoms in total. The van der Waals surface area contributed by atoms with Crippen LogP contribution >= 0.6 is 27.5 Å². The molecule has 2 aromatic rings. The Morgan fingerprint density at radius 1 is 1.39 bits per heavy atom. The van der Waals surface area contributed by atoms with E-state index in [1.54, 1.807) is 18.3 Å². The van der Waals surface area contributed by atoms with Crippen LogP contribution < -0.4 is 5.32 Å². The van der Waals surface area contributed by atoms with E-state index in [0.29, 0.717) is 16.2 Å². The first-order chi connectivity index (χ1) is 8.56. The number of aryl methyl sites for hydroxylation is 1. The van der Waals surface area contributed by atoms with Gasteiger partial charge in [-0.15, -0.1) is 0 Å². The summed E-state index contributed by atoms with van der Waals surface area (Å²) < 4.78 is 13.5. The molecule has 1 aromatic heterocycles. The summed E-state index contributed by atoms with van der Waals surface area (Å²) in [7, 11) is 0. The zero-order valence-electron chi connectivity index (χ0n) is 9.67. The highest BCUT2D eigenvalue weighted by atomic mass is 79.9. The molecule has 1 aromatic carbocycles. The van der Waals surface area contributed by atoms with Crippen molar-refractivity contribution >= 4 is 33.2 Å². The van der Waals surface area contributed by atoms with Crippen molar-refractivity contribution in [3.63, 3.8) is 0 Å². The standard InChI is InChI=1S/C13H11BrClFN2/c1-8-4-12(13(15)18-6-8)17-7-9-2-3-11(16)10(14)5-9/h2-6,17H,7H2,1H3. The molecule has 0 atom stereocenters. The van der Waals surface area contributed by atoms with Gasteiger partial charge in [0.2, 0.25) is 0 Å². The first-order valence-electron chi connectivity index (χ1n) is 5.36. The van der Waals surface area contributed by atoms with Crippen LogP contribution in [0.15, 0.2) is 34.9 Å². The van der Waals surface area contributed by atoms with Gasteiger partial charge in [-0.05, 0) is 52.2 Å². The van der Waals surface area contributed by atoms with Gasteiger partial charge in [0.25, 0.3) is 0 Å². The number of pyridine rings is 1. The number of hydrogen-bond acceptors (Lipinski definition) is 2. The van der Waals surface area contributed by atoms with Gasteiger partial charge >= 0.3 is 0 Å². The fourth-order valence-corrected chi connectivity index (χ4v) is 2.12. The number of aromatic nitrogens is 1. The summed E-state index contributed by atoms with van der Waals surface area (Å²) in [6.07, 6.45) is 1.71. The van der Waals surface area contributed by atoms with Crippen molar-refractivity contribution in [2.45, 2.75) is 13.5 Å². The van der Waals surface area contributed by atoms with E-state index >= 15 is 0 Å². The summed E-state index contributed by atoms with van der Waals surface area (Å²) in [6.45, 7) is 2.51. The molecule has 18 heavy (non-hydrogen) atoms. The molecule has 94 valence electrons. The molecular weight excluding hydrogens is 319 g/mol. The third-order valence-corrected chi connectivity index (χ3v) is 3.35. The maximum absolute atomic E-state index is 13.1. The van der Waals surface area contributed by atoms with Gasteiger partial charge < -0.3 is 5.32 Å². The highest BCUT2D eigenvalue weighted by Crippen LogP contribution is 2.22. The van der Waals surface area contributed by atoms with Gasteiger partial charge in [0.1, 0.15) is 5.82 Å². The Balaban J connectivity index is 2.11. The predicted molar refractivity (Wildman–Crippen MR) is 75.4 cm³/mol. The Morgan fingerprint density at radius 2 is 2.17 bits per heavy atom. The average Bonchev–Trinajstić information content (AvgIpc) is 2.34. The molecule has 0 unspecified atom stereocenters. The second-order valence-electron chi connectivity index (χ2n) is 3.95. The number of nitrogens with one attached hydrogen (secondary N) is 1. The Bertz CT molecular complexity index is 575. The Hall–Kier alpha value is -1.13. The molecule has 1 heterocycles. The van der Waals surface area contributed by atoms with E-state index in [9.17, 15) is 4.39 Å². The molecule has 0 saturated carbocycles. The van der Waals surface area contributed by atoms with E-state index in [1.807, 2.05) is 13.0 Å². The van der Waals surface area contributed by atoms with E-state index in [1.165, 1.54) is 6.07 Å². The lowest BCUT2D eigenvalue weighted by Gasteiger charge is -2.09. The summed E-state index contributed by atoms with van der Waals surface area (Å²) in [6, 6.07) is 6.81. The number of rotatable bonds is 3. The molecule has 0 fully saturated rings. The molecule has 0 aliphatic carbocycles. The van der Waals surface area contributed by atoms with Gasteiger partial charge in [0.05, 0.1) is 10.2 Å². The fraction of sp³-hybridized carbons (Fsp3) is 0.154. The lowest BCUT2D eigenvalue weighted by Crippen LogP contribution is -2.01. The van der Waals surface area contributed by atoms with Crippen LogP contribution in [0.1, 0.15) is 11.1 Å². The summed E-state index contributed by atoms with van der Waals surface area (Å²) in [5.41, 5.74) is 2.76. The molecule has 0 amide bonds. The van der Waals surface area contributed by atoms with Gasteiger partial charge in [0, 0.05) is 12.7 Å². The van der Waals surface area contributed by atoms with Crippen LogP contribution in [0.3, 0.4) is 0 Å². The van der Waals surface area contributed by atoms with Crippen LogP contribution in [-0.2, 0) is 6.54 Å². The van der Waals surface area contributed by atoms with Crippen molar-refractivity contribution in [1.82, 2.24) is 4.98 Å². The molecule has 0 aliphatic heterocycles. The Labute approximate surface area is 118 Å². The van der Waals surface area contributed by atoms with Crippen LogP contribution in [-0.4, -0.2) is 4.98 Å². The number of hydrogen-bond donors (Lipinski definition) is 1. The fourth-order valence-electron chi connectivity index (χ4n) is 1.52. The minimum atomic E-state index is -0.269. The van der Waals surface area contributed by atoms with Gasteiger partial charge in [-0.1, -0.05) is 17.7 Å². The quantitative estimate of drug-likeness (QED) is 0.835. The summed E-state index contributed by atoms with van der Waals surface area (Å²) in [5.74, 6) is -0.269. The van der Waals surface area contributed by atoms with Crippen LogP contribution in [0.2, 0.25) is 5.15 Å². The van der Waals surface area contributed by atoms with E-state index < -0.39 is 0 Å². The number of nitrogens with zero attached hydrogens (tertiary/aromatic N) is 1. The van der Waals surface area contributed by atoms with Crippen molar-refractivity contribution in [3.05, 3.63) is 57.0 Å². The minimum absolute atomic E-state index is 0.269. The van der Waals surface area contributed by atoms with Crippen molar-refractivity contribution in [2.24, 2.45) is 0 Å². The second kappa shape index (κ2) is 5.67. The highest BCUT2D eigenvalue weighted by Gasteiger charge is 2.03. The topological polar surface area (TPSA) is 24.9 Å². The van der Waals surface area contributed by atoms with Gasteiger partial charge in [-0.2, -0.15) is 0 Å². The van der Waals surface area contributed by atoms with Gasteiger partial charge in [0.15, 0.2) is 5.15 Å². The van der Waals surface area contributed by atoms with Crippen LogP contribution in [0.5, 0.6) is 0 Å². The van der Waals surface area contributed by atoms with Crippen LogP contribution in [0, 0.1) is 12.7 Å². The predicted octanol–water partition coefficient (Wildman–Crippen LogP) is 4.56. The molecule has 5 heteroatoms. The Morgan fingerprint density at radius 3 is 2.89 bits per heavy atom. The molecule has 1 N–H and O–H groups in total. The Kier molecular flexibility index (Phi) is 4.19. The second-order valence-corrected chi connectivity index (χ2v) is 5.17. The van der Waals surface area contributed by atoms with E-state index in [2.05, 4.69) is 26.2 Å². The first kappa shape index (κ1) is 13.3. The van der Waals surface area contributed by atoms with Gasteiger partial charge in [-0.3, -0.25) is 0 Å². The summed E-state index contributed by atoms with van der Waals surface area (Å²) in [5, 5.41) is 3.61. The number of halogens is 3. The normalized spacial score (nSPS) is 10.4. The SMILES string of the molecule is Cc1cnc(Cl)c(NCc2ccc(F)c(Br)c2)c1. The van der Waals surface area contributed by atoms with Gasteiger partial charge in [-0.25, -0.2) is 9.37 Å². The van der Waals surface area contributed by atoms with Crippen molar-refractivity contribution < 1.29 is 4.39 Å². The minimum Gasteiger partial charge on any atom is -0.378 e. The lowest BCUT2D eigenvalue weighted by molar-refractivity contribution is 0.620. The molecular formula is C13H11BrClFN2. The summed E-state index contributed by atoms with van der Waals surface area (Å²) in [4.78, 5) is 4.06. The summed E-state index contributed by atoms with van der Waals surface area (Å²) >= 11 is 9.13.